The molecule has 0 spiro atoms. The maximum absolute atomic E-state index is 2.28. The Labute approximate surface area is 70.0 Å². The van der Waals surface area contributed by atoms with Crippen LogP contribution in [0.4, 0.5) is 0 Å². The lowest BCUT2D eigenvalue weighted by molar-refractivity contribution is 0.506. The van der Waals surface area contributed by atoms with E-state index in [1.54, 1.807) is 5.57 Å². The molecule has 0 unspecified atom stereocenters. The van der Waals surface area contributed by atoms with Gasteiger partial charge in [-0.05, 0) is 12.8 Å². The van der Waals surface area contributed by atoms with Crippen molar-refractivity contribution in [2.24, 2.45) is 5.41 Å². The van der Waals surface area contributed by atoms with Crippen molar-refractivity contribution in [2.75, 3.05) is 0 Å². The fourth-order valence-corrected chi connectivity index (χ4v) is 1.32. The van der Waals surface area contributed by atoms with E-state index in [2.05, 4.69) is 45.4 Å². The van der Waals surface area contributed by atoms with Crippen LogP contribution in [0.25, 0.3) is 0 Å². The molecule has 0 saturated carbocycles. The summed E-state index contributed by atoms with van der Waals surface area (Å²) in [5, 5.41) is 0. The Morgan fingerprint density at radius 1 is 1.45 bits per heavy atom. The first-order valence-corrected chi connectivity index (χ1v) is 4.33. The molecule has 0 aromatic carbocycles. The van der Waals surface area contributed by atoms with Gasteiger partial charge in [0.25, 0.3) is 0 Å². The highest BCUT2D eigenvalue weighted by molar-refractivity contribution is 5.25. The monoisotopic (exact) mass is 149 g/mol. The van der Waals surface area contributed by atoms with Crippen LogP contribution in [-0.2, 0) is 0 Å². The average Bonchev–Trinajstić information content (AvgIpc) is 2.06. The fraction of sp³-hybridized carbons (Fsp3) is 0.545. The Bertz CT molecular complexity index is 182. The van der Waals surface area contributed by atoms with Crippen LogP contribution < -0.4 is 0 Å². The summed E-state index contributed by atoms with van der Waals surface area (Å²) in [6.45, 7) is 6.69. The van der Waals surface area contributed by atoms with Crippen molar-refractivity contribution in [3.05, 3.63) is 30.2 Å². The van der Waals surface area contributed by atoms with E-state index in [9.17, 15) is 0 Å². The Kier molecular flexibility index (Phi) is 2.53. The van der Waals surface area contributed by atoms with Gasteiger partial charge in [0.05, 0.1) is 0 Å². The molecule has 0 fully saturated rings. The summed E-state index contributed by atoms with van der Waals surface area (Å²) >= 11 is 0. The SMILES string of the molecule is C[CH-]C(C)(C)C1=CC=CCC1. The standard InChI is InChI=1S/C11H17/c1-4-11(2,3)10-8-6-5-7-9-10/h4-6,8H,7,9H2,1-3H3/q-1. The van der Waals surface area contributed by atoms with Crippen molar-refractivity contribution in [1.29, 1.82) is 0 Å². The van der Waals surface area contributed by atoms with Crippen LogP contribution in [-0.4, -0.2) is 0 Å². The lowest BCUT2D eigenvalue weighted by Gasteiger charge is -2.36. The van der Waals surface area contributed by atoms with Crippen molar-refractivity contribution in [2.45, 2.75) is 33.6 Å². The van der Waals surface area contributed by atoms with Crippen LogP contribution in [0.5, 0.6) is 0 Å². The molecule has 0 heterocycles. The smallest absolute Gasteiger partial charge is 0.0303 e. The van der Waals surface area contributed by atoms with Gasteiger partial charge in [0, 0.05) is 0 Å². The van der Waals surface area contributed by atoms with Gasteiger partial charge in [-0.3, -0.25) is 0 Å². The molecule has 1 rings (SSSR count). The van der Waals surface area contributed by atoms with Crippen LogP contribution in [0.2, 0.25) is 0 Å². The van der Waals surface area contributed by atoms with Gasteiger partial charge in [0.1, 0.15) is 0 Å². The topological polar surface area (TPSA) is 0 Å². The lowest BCUT2D eigenvalue weighted by Crippen LogP contribution is -2.14. The van der Waals surface area contributed by atoms with Gasteiger partial charge in [-0.1, -0.05) is 37.6 Å². The molecule has 0 saturated heterocycles. The zero-order valence-corrected chi connectivity index (χ0v) is 7.72. The molecule has 0 aromatic heterocycles. The van der Waals surface area contributed by atoms with E-state index >= 15 is 0 Å². The van der Waals surface area contributed by atoms with Crippen LogP contribution in [0.3, 0.4) is 0 Å². The molecule has 1 aliphatic rings. The lowest BCUT2D eigenvalue weighted by atomic mass is 9.78. The number of allylic oxidation sites excluding steroid dienone is 4. The summed E-state index contributed by atoms with van der Waals surface area (Å²) in [5.41, 5.74) is 1.85. The highest BCUT2D eigenvalue weighted by Crippen LogP contribution is 2.33. The normalized spacial score (nSPS) is 18.3. The summed E-state index contributed by atoms with van der Waals surface area (Å²) in [4.78, 5) is 0. The molecule has 0 aromatic rings. The van der Waals surface area contributed by atoms with Gasteiger partial charge < -0.3 is 6.42 Å². The molecule has 0 atom stereocenters. The predicted octanol–water partition coefficient (Wildman–Crippen LogP) is 3.51. The molecule has 0 N–H and O–H groups in total. The van der Waals surface area contributed by atoms with Gasteiger partial charge >= 0.3 is 0 Å². The third-order valence-corrected chi connectivity index (χ3v) is 2.56. The maximum atomic E-state index is 2.28. The van der Waals surface area contributed by atoms with Crippen molar-refractivity contribution < 1.29 is 0 Å². The van der Waals surface area contributed by atoms with Crippen LogP contribution >= 0.6 is 0 Å². The van der Waals surface area contributed by atoms with Crippen molar-refractivity contribution in [1.82, 2.24) is 0 Å². The number of rotatable bonds is 2. The van der Waals surface area contributed by atoms with E-state index in [-0.39, 0.29) is 0 Å². The Balaban J connectivity index is 2.72. The second-order valence-corrected chi connectivity index (χ2v) is 3.67. The predicted molar refractivity (Wildman–Crippen MR) is 50.2 cm³/mol. The van der Waals surface area contributed by atoms with Crippen LogP contribution in [0.15, 0.2) is 23.8 Å². The minimum Gasteiger partial charge on any atom is -0.322 e. The molecule has 62 valence electrons. The van der Waals surface area contributed by atoms with E-state index in [0.717, 1.165) is 0 Å². The zero-order chi connectivity index (χ0) is 8.32. The minimum absolute atomic E-state index is 0.296. The Morgan fingerprint density at radius 2 is 2.18 bits per heavy atom. The molecule has 1 aliphatic carbocycles. The van der Waals surface area contributed by atoms with Crippen molar-refractivity contribution in [3.8, 4) is 0 Å². The highest BCUT2D eigenvalue weighted by Gasteiger charge is 2.12. The summed E-state index contributed by atoms with van der Waals surface area (Å²) in [7, 11) is 0. The molecular weight excluding hydrogens is 132 g/mol. The molecule has 0 aliphatic heterocycles. The van der Waals surface area contributed by atoms with Crippen molar-refractivity contribution in [3.63, 3.8) is 0 Å². The molecule has 0 amide bonds. The summed E-state index contributed by atoms with van der Waals surface area (Å²) in [6.07, 6.45) is 11.4. The van der Waals surface area contributed by atoms with E-state index in [4.69, 9.17) is 0 Å². The van der Waals surface area contributed by atoms with E-state index in [1.807, 2.05) is 0 Å². The maximum Gasteiger partial charge on any atom is -0.0303 e. The quantitative estimate of drug-likeness (QED) is 0.527. The minimum atomic E-state index is 0.296. The first-order valence-electron chi connectivity index (χ1n) is 4.33. The van der Waals surface area contributed by atoms with Crippen LogP contribution in [0.1, 0.15) is 33.6 Å². The Morgan fingerprint density at radius 3 is 2.64 bits per heavy atom. The molecule has 0 bridgehead atoms. The summed E-state index contributed by atoms with van der Waals surface area (Å²) in [5.74, 6) is 0. The molecule has 0 heteroatoms. The first-order chi connectivity index (χ1) is 5.17. The Hall–Kier alpha value is -0.520. The van der Waals surface area contributed by atoms with Gasteiger partial charge in [-0.25, -0.2) is 0 Å². The highest BCUT2D eigenvalue weighted by atomic mass is 14.2. The summed E-state index contributed by atoms with van der Waals surface area (Å²) < 4.78 is 0. The molecule has 0 nitrogen and oxygen atoms in total. The van der Waals surface area contributed by atoms with Gasteiger partial charge in [0.2, 0.25) is 0 Å². The fourth-order valence-electron chi connectivity index (χ4n) is 1.32. The van der Waals surface area contributed by atoms with Gasteiger partial charge in [0.15, 0.2) is 0 Å². The van der Waals surface area contributed by atoms with E-state index in [0.29, 0.717) is 5.41 Å². The van der Waals surface area contributed by atoms with Gasteiger partial charge in [-0.2, -0.15) is 6.92 Å². The summed E-state index contributed by atoms with van der Waals surface area (Å²) in [6, 6.07) is 0. The second-order valence-electron chi connectivity index (χ2n) is 3.67. The van der Waals surface area contributed by atoms with Gasteiger partial charge in [-0.15, -0.1) is 5.41 Å². The third kappa shape index (κ3) is 1.95. The molecule has 11 heavy (non-hydrogen) atoms. The largest absolute Gasteiger partial charge is 0.322 e. The second kappa shape index (κ2) is 3.25. The van der Waals surface area contributed by atoms with E-state index < -0.39 is 0 Å². The number of hydrogen-bond acceptors (Lipinski definition) is 0. The molecule has 0 radical (unpaired) electrons. The van der Waals surface area contributed by atoms with Crippen molar-refractivity contribution >= 4 is 0 Å². The van der Waals surface area contributed by atoms with E-state index in [1.165, 1.54) is 12.8 Å². The average molecular weight is 149 g/mol. The number of hydrogen-bond donors (Lipinski definition) is 0. The zero-order valence-electron chi connectivity index (χ0n) is 7.72. The third-order valence-electron chi connectivity index (χ3n) is 2.56. The first kappa shape index (κ1) is 8.58. The molecular formula is C11H17-. The van der Waals surface area contributed by atoms with Crippen LogP contribution in [0, 0.1) is 11.8 Å².